The molecular weight excluding hydrogens is 262 g/mol. The maximum absolute atomic E-state index is 12.1. The van der Waals surface area contributed by atoms with Crippen LogP contribution < -0.4 is 5.43 Å². The summed E-state index contributed by atoms with van der Waals surface area (Å²) in [6.45, 7) is 2.01. The van der Waals surface area contributed by atoms with E-state index >= 15 is 0 Å². The quantitative estimate of drug-likeness (QED) is 0.730. The van der Waals surface area contributed by atoms with Gasteiger partial charge in [-0.05, 0) is 13.0 Å². The van der Waals surface area contributed by atoms with E-state index in [1.165, 1.54) is 17.4 Å². The number of fused-ring (bicyclic) bond motifs is 3. The van der Waals surface area contributed by atoms with E-state index < -0.39 is 5.97 Å². The lowest BCUT2D eigenvalue weighted by atomic mass is 10.2. The van der Waals surface area contributed by atoms with Crippen molar-refractivity contribution < 1.29 is 9.53 Å². The maximum atomic E-state index is 12.1. The summed E-state index contributed by atoms with van der Waals surface area (Å²) in [6, 6.07) is 9.02. The molecule has 19 heavy (non-hydrogen) atoms. The summed E-state index contributed by atoms with van der Waals surface area (Å²) in [7, 11) is 0. The second-order valence-electron chi connectivity index (χ2n) is 4.07. The number of pyridine rings is 1. The normalized spacial score (nSPS) is 11.0. The van der Waals surface area contributed by atoms with Gasteiger partial charge in [-0.3, -0.25) is 4.79 Å². The van der Waals surface area contributed by atoms with E-state index in [9.17, 15) is 9.59 Å². The molecule has 3 aromatic rings. The van der Waals surface area contributed by atoms with Gasteiger partial charge in [0.2, 0.25) is 0 Å². The van der Waals surface area contributed by atoms with Crippen LogP contribution in [-0.4, -0.2) is 17.6 Å². The number of aromatic amines is 1. The molecule has 2 aromatic heterocycles. The van der Waals surface area contributed by atoms with Crippen LogP contribution in [0.2, 0.25) is 0 Å². The lowest BCUT2D eigenvalue weighted by Gasteiger charge is -2.01. The van der Waals surface area contributed by atoms with Gasteiger partial charge in [0.25, 0.3) is 0 Å². The Hall–Kier alpha value is -2.14. The first-order valence-corrected chi connectivity index (χ1v) is 6.74. The Labute approximate surface area is 112 Å². The molecule has 0 saturated heterocycles. The zero-order chi connectivity index (χ0) is 13.4. The molecule has 0 amide bonds. The molecule has 0 atom stereocenters. The second-order valence-corrected chi connectivity index (χ2v) is 5.12. The summed E-state index contributed by atoms with van der Waals surface area (Å²) in [5.41, 5.74) is 0.747. The fraction of sp³-hybridized carbons (Fsp3) is 0.143. The van der Waals surface area contributed by atoms with Crippen molar-refractivity contribution in [1.82, 2.24) is 4.98 Å². The first-order chi connectivity index (χ1) is 9.20. The molecule has 3 rings (SSSR count). The summed E-state index contributed by atoms with van der Waals surface area (Å²) in [6.07, 6.45) is 0. The predicted octanol–water partition coefficient (Wildman–Crippen LogP) is 2.92. The van der Waals surface area contributed by atoms with Gasteiger partial charge in [0.05, 0.1) is 16.8 Å². The maximum Gasteiger partial charge on any atom is 0.354 e. The van der Waals surface area contributed by atoms with Gasteiger partial charge in [0, 0.05) is 16.2 Å². The van der Waals surface area contributed by atoms with E-state index in [1.807, 2.05) is 24.3 Å². The summed E-state index contributed by atoms with van der Waals surface area (Å²) in [5.74, 6) is -0.503. The number of carbonyl (C=O) groups is 1. The van der Waals surface area contributed by atoms with Crippen molar-refractivity contribution >= 4 is 37.6 Å². The highest BCUT2D eigenvalue weighted by molar-refractivity contribution is 7.25. The van der Waals surface area contributed by atoms with Gasteiger partial charge >= 0.3 is 5.97 Å². The van der Waals surface area contributed by atoms with Gasteiger partial charge in [0.1, 0.15) is 5.69 Å². The van der Waals surface area contributed by atoms with Crippen LogP contribution in [0.1, 0.15) is 17.4 Å². The van der Waals surface area contributed by atoms with Crippen molar-refractivity contribution in [3.63, 3.8) is 0 Å². The molecule has 5 heteroatoms. The van der Waals surface area contributed by atoms with Crippen LogP contribution in [0.25, 0.3) is 20.3 Å². The third-order valence-corrected chi connectivity index (χ3v) is 4.04. The largest absolute Gasteiger partial charge is 0.461 e. The zero-order valence-electron chi connectivity index (χ0n) is 10.2. The SMILES string of the molecule is CCOC(=O)c1cc(=O)c2sc3ccccc3c2[nH]1. The van der Waals surface area contributed by atoms with E-state index in [1.54, 1.807) is 6.92 Å². The zero-order valence-corrected chi connectivity index (χ0v) is 11.0. The van der Waals surface area contributed by atoms with Crippen LogP contribution in [0.5, 0.6) is 0 Å². The number of nitrogens with one attached hydrogen (secondary N) is 1. The molecule has 96 valence electrons. The average molecular weight is 273 g/mol. The topological polar surface area (TPSA) is 59.2 Å². The lowest BCUT2D eigenvalue weighted by Crippen LogP contribution is -2.11. The van der Waals surface area contributed by atoms with Crippen molar-refractivity contribution in [2.75, 3.05) is 6.61 Å². The standard InChI is InChI=1S/C14H11NO3S/c1-2-18-14(17)9-7-10(16)13-12(15-9)8-5-3-4-6-11(8)19-13/h3-7H,2H2,1H3,(H,15,16). The Morgan fingerprint density at radius 1 is 1.37 bits per heavy atom. The molecule has 0 aliphatic rings. The monoisotopic (exact) mass is 273 g/mol. The van der Waals surface area contributed by atoms with Crippen molar-refractivity contribution in [2.45, 2.75) is 6.92 Å². The Bertz CT molecular complexity index is 831. The van der Waals surface area contributed by atoms with Crippen LogP contribution in [-0.2, 0) is 4.74 Å². The van der Waals surface area contributed by atoms with Crippen molar-refractivity contribution in [1.29, 1.82) is 0 Å². The van der Waals surface area contributed by atoms with Gasteiger partial charge in [0.15, 0.2) is 5.43 Å². The number of ether oxygens (including phenoxy) is 1. The number of hydrogen-bond acceptors (Lipinski definition) is 4. The summed E-state index contributed by atoms with van der Waals surface area (Å²) < 4.78 is 6.57. The van der Waals surface area contributed by atoms with Gasteiger partial charge < -0.3 is 9.72 Å². The number of esters is 1. The molecule has 0 fully saturated rings. The molecule has 0 saturated carbocycles. The van der Waals surface area contributed by atoms with E-state index in [0.29, 0.717) is 10.2 Å². The third kappa shape index (κ3) is 1.92. The van der Waals surface area contributed by atoms with Crippen LogP contribution >= 0.6 is 11.3 Å². The van der Waals surface area contributed by atoms with Crippen molar-refractivity contribution in [3.05, 3.63) is 46.2 Å². The Kier molecular flexibility index (Phi) is 2.83. The highest BCUT2D eigenvalue weighted by atomic mass is 32.1. The van der Waals surface area contributed by atoms with E-state index in [2.05, 4.69) is 4.98 Å². The smallest absolute Gasteiger partial charge is 0.354 e. The molecule has 1 N–H and O–H groups in total. The third-order valence-electron chi connectivity index (χ3n) is 2.85. The number of rotatable bonds is 2. The highest BCUT2D eigenvalue weighted by Gasteiger charge is 2.13. The molecule has 0 spiro atoms. The average Bonchev–Trinajstić information content (AvgIpc) is 2.78. The van der Waals surface area contributed by atoms with Crippen molar-refractivity contribution in [3.8, 4) is 0 Å². The fourth-order valence-electron chi connectivity index (χ4n) is 2.03. The van der Waals surface area contributed by atoms with E-state index in [0.717, 1.165) is 10.1 Å². The van der Waals surface area contributed by atoms with Gasteiger partial charge in [-0.25, -0.2) is 4.79 Å². The fourth-order valence-corrected chi connectivity index (χ4v) is 3.10. The summed E-state index contributed by atoms with van der Waals surface area (Å²) in [4.78, 5) is 26.8. The molecule has 1 aromatic carbocycles. The lowest BCUT2D eigenvalue weighted by molar-refractivity contribution is 0.0520. The Morgan fingerprint density at radius 2 is 2.16 bits per heavy atom. The molecule has 4 nitrogen and oxygen atoms in total. The molecule has 0 unspecified atom stereocenters. The van der Waals surface area contributed by atoms with Gasteiger partial charge in [-0.2, -0.15) is 0 Å². The first-order valence-electron chi connectivity index (χ1n) is 5.92. The van der Waals surface area contributed by atoms with Crippen LogP contribution in [0.15, 0.2) is 35.1 Å². The molecule has 0 aliphatic carbocycles. The number of hydrogen-bond donors (Lipinski definition) is 1. The van der Waals surface area contributed by atoms with Crippen LogP contribution in [0, 0.1) is 0 Å². The van der Waals surface area contributed by atoms with E-state index in [-0.39, 0.29) is 17.7 Å². The molecule has 2 heterocycles. The van der Waals surface area contributed by atoms with Crippen LogP contribution in [0.4, 0.5) is 0 Å². The number of H-pyrrole nitrogens is 1. The van der Waals surface area contributed by atoms with Crippen LogP contribution in [0.3, 0.4) is 0 Å². The number of thiophene rings is 1. The first kappa shape index (κ1) is 11.9. The minimum Gasteiger partial charge on any atom is -0.461 e. The minimum absolute atomic E-state index is 0.155. The van der Waals surface area contributed by atoms with Crippen molar-refractivity contribution in [2.24, 2.45) is 0 Å². The minimum atomic E-state index is -0.503. The number of aromatic nitrogens is 1. The number of carbonyl (C=O) groups excluding carboxylic acids is 1. The van der Waals surface area contributed by atoms with Gasteiger partial charge in [-0.15, -0.1) is 11.3 Å². The van der Waals surface area contributed by atoms with Gasteiger partial charge in [-0.1, -0.05) is 18.2 Å². The summed E-state index contributed by atoms with van der Waals surface area (Å²) in [5, 5.41) is 0.950. The number of benzene rings is 1. The molecular formula is C14H11NO3S. The second kappa shape index (κ2) is 4.51. The summed E-state index contributed by atoms with van der Waals surface area (Å²) >= 11 is 1.43. The molecule has 0 radical (unpaired) electrons. The Balaban J connectivity index is 2.32. The predicted molar refractivity (Wildman–Crippen MR) is 75.9 cm³/mol. The highest BCUT2D eigenvalue weighted by Crippen LogP contribution is 2.30. The molecule has 0 bridgehead atoms. The molecule has 0 aliphatic heterocycles. The van der Waals surface area contributed by atoms with E-state index in [4.69, 9.17) is 4.74 Å². The Morgan fingerprint density at radius 3 is 2.95 bits per heavy atom.